The van der Waals surface area contributed by atoms with Crippen molar-refractivity contribution in [3.05, 3.63) is 0 Å². The summed E-state index contributed by atoms with van der Waals surface area (Å²) in [7, 11) is 0. The lowest BCUT2D eigenvalue weighted by Gasteiger charge is -2.40. The molecule has 2 unspecified atom stereocenters. The van der Waals surface area contributed by atoms with Gasteiger partial charge in [0.05, 0.1) is 0 Å². The highest BCUT2D eigenvalue weighted by Crippen LogP contribution is 2.40. The van der Waals surface area contributed by atoms with Crippen LogP contribution in [0.1, 0.15) is 45.4 Å². The first-order chi connectivity index (χ1) is 9.81. The van der Waals surface area contributed by atoms with Gasteiger partial charge in [0.1, 0.15) is 0 Å². The molecule has 2 atom stereocenters. The zero-order valence-corrected chi connectivity index (χ0v) is 13.2. The van der Waals surface area contributed by atoms with Crippen molar-refractivity contribution in [2.75, 3.05) is 45.9 Å². The van der Waals surface area contributed by atoms with E-state index in [2.05, 4.69) is 17.1 Å². The van der Waals surface area contributed by atoms with Crippen LogP contribution in [-0.4, -0.2) is 50.8 Å². The van der Waals surface area contributed by atoms with Crippen LogP contribution in [-0.2, 0) is 4.74 Å². The second-order valence-corrected chi connectivity index (χ2v) is 7.43. The number of hydrogen-bond donors (Lipinski definition) is 1. The first-order valence-corrected chi connectivity index (χ1v) is 8.82. The predicted molar refractivity (Wildman–Crippen MR) is 82.9 cm³/mol. The van der Waals surface area contributed by atoms with Crippen LogP contribution in [0.25, 0.3) is 0 Å². The Morgan fingerprint density at radius 1 is 1.15 bits per heavy atom. The van der Waals surface area contributed by atoms with Crippen molar-refractivity contribution in [1.29, 1.82) is 0 Å². The normalized spacial score (nSPS) is 33.5. The lowest BCUT2D eigenvalue weighted by Crippen LogP contribution is -2.47. The van der Waals surface area contributed by atoms with Gasteiger partial charge in [-0.2, -0.15) is 0 Å². The topological polar surface area (TPSA) is 24.5 Å². The summed E-state index contributed by atoms with van der Waals surface area (Å²) >= 11 is 0. The Hall–Kier alpha value is -0.120. The molecule has 2 heterocycles. The third kappa shape index (κ3) is 3.37. The predicted octanol–water partition coefficient (Wildman–Crippen LogP) is 2.51. The Balaban J connectivity index is 1.55. The van der Waals surface area contributed by atoms with Crippen molar-refractivity contribution >= 4 is 0 Å². The first kappa shape index (κ1) is 14.8. The SMILES string of the molecule is CCCNCC1(CN2CC3CCCC3C2)CCOCC1. The van der Waals surface area contributed by atoms with Crippen LogP contribution in [0, 0.1) is 17.3 Å². The second-order valence-electron chi connectivity index (χ2n) is 7.43. The molecule has 2 aliphatic heterocycles. The molecular weight excluding hydrogens is 248 g/mol. The first-order valence-electron chi connectivity index (χ1n) is 8.82. The molecule has 0 aromatic carbocycles. The molecule has 0 bridgehead atoms. The summed E-state index contributed by atoms with van der Waals surface area (Å²) in [6.07, 6.45) is 8.20. The van der Waals surface area contributed by atoms with Gasteiger partial charge in [-0.25, -0.2) is 0 Å². The van der Waals surface area contributed by atoms with E-state index in [0.29, 0.717) is 5.41 Å². The summed E-state index contributed by atoms with van der Waals surface area (Å²) in [5.41, 5.74) is 0.478. The highest BCUT2D eigenvalue weighted by Gasteiger charge is 2.40. The maximum atomic E-state index is 5.62. The zero-order valence-electron chi connectivity index (χ0n) is 13.2. The minimum absolute atomic E-state index is 0.478. The van der Waals surface area contributed by atoms with E-state index in [-0.39, 0.29) is 0 Å². The van der Waals surface area contributed by atoms with Gasteiger partial charge in [-0.3, -0.25) is 0 Å². The van der Waals surface area contributed by atoms with E-state index in [1.807, 2.05) is 0 Å². The summed E-state index contributed by atoms with van der Waals surface area (Å²) in [6, 6.07) is 0. The smallest absolute Gasteiger partial charge is 0.0472 e. The molecule has 0 aromatic heterocycles. The average molecular weight is 280 g/mol. The number of rotatable bonds is 6. The van der Waals surface area contributed by atoms with Gasteiger partial charge >= 0.3 is 0 Å². The number of hydrogen-bond acceptors (Lipinski definition) is 3. The van der Waals surface area contributed by atoms with Crippen molar-refractivity contribution < 1.29 is 4.74 Å². The molecule has 116 valence electrons. The van der Waals surface area contributed by atoms with Gasteiger partial charge in [0, 0.05) is 39.4 Å². The van der Waals surface area contributed by atoms with E-state index in [9.17, 15) is 0 Å². The van der Waals surface area contributed by atoms with E-state index >= 15 is 0 Å². The van der Waals surface area contributed by atoms with Crippen molar-refractivity contribution in [2.24, 2.45) is 17.3 Å². The third-order valence-electron chi connectivity index (χ3n) is 5.84. The Morgan fingerprint density at radius 3 is 2.50 bits per heavy atom. The number of ether oxygens (including phenoxy) is 1. The Kier molecular flexibility index (Phi) is 5.00. The fourth-order valence-electron chi connectivity index (χ4n) is 4.66. The van der Waals surface area contributed by atoms with E-state index in [1.54, 1.807) is 0 Å². The summed E-state index contributed by atoms with van der Waals surface area (Å²) in [5.74, 6) is 2.05. The van der Waals surface area contributed by atoms with Crippen molar-refractivity contribution in [3.63, 3.8) is 0 Å². The molecule has 0 aromatic rings. The molecule has 3 rings (SSSR count). The monoisotopic (exact) mass is 280 g/mol. The second kappa shape index (κ2) is 6.76. The van der Waals surface area contributed by atoms with E-state index in [0.717, 1.165) is 31.6 Å². The van der Waals surface area contributed by atoms with Crippen molar-refractivity contribution in [3.8, 4) is 0 Å². The van der Waals surface area contributed by atoms with Crippen LogP contribution in [0.5, 0.6) is 0 Å². The molecule has 3 aliphatic rings. The van der Waals surface area contributed by atoms with Crippen LogP contribution in [0.4, 0.5) is 0 Å². The van der Waals surface area contributed by atoms with E-state index in [1.165, 1.54) is 64.7 Å². The van der Waals surface area contributed by atoms with Crippen LogP contribution in [0.3, 0.4) is 0 Å². The van der Waals surface area contributed by atoms with E-state index in [4.69, 9.17) is 4.74 Å². The molecule has 0 radical (unpaired) electrons. The molecule has 0 amide bonds. The van der Waals surface area contributed by atoms with Crippen molar-refractivity contribution in [1.82, 2.24) is 10.2 Å². The number of fused-ring (bicyclic) bond motifs is 1. The summed E-state index contributed by atoms with van der Waals surface area (Å²) in [6.45, 7) is 10.6. The molecule has 2 saturated heterocycles. The number of nitrogens with one attached hydrogen (secondary N) is 1. The Bertz CT molecular complexity index is 289. The molecule has 1 saturated carbocycles. The van der Waals surface area contributed by atoms with Gasteiger partial charge < -0.3 is 15.0 Å². The van der Waals surface area contributed by atoms with Gasteiger partial charge in [0.2, 0.25) is 0 Å². The molecule has 3 heteroatoms. The van der Waals surface area contributed by atoms with Gasteiger partial charge in [-0.05, 0) is 55.9 Å². The quantitative estimate of drug-likeness (QED) is 0.757. The zero-order chi connectivity index (χ0) is 13.8. The lowest BCUT2D eigenvalue weighted by molar-refractivity contribution is -0.00191. The summed E-state index contributed by atoms with van der Waals surface area (Å²) < 4.78 is 5.62. The standard InChI is InChI=1S/C17H32N2O/c1-2-8-18-13-17(6-9-20-10-7-17)14-19-11-15-4-3-5-16(15)12-19/h15-16,18H,2-14H2,1H3. The van der Waals surface area contributed by atoms with Crippen LogP contribution in [0.2, 0.25) is 0 Å². The van der Waals surface area contributed by atoms with E-state index < -0.39 is 0 Å². The lowest BCUT2D eigenvalue weighted by atomic mass is 9.79. The fourth-order valence-corrected chi connectivity index (χ4v) is 4.66. The van der Waals surface area contributed by atoms with Crippen LogP contribution < -0.4 is 5.32 Å². The maximum absolute atomic E-state index is 5.62. The number of nitrogens with zero attached hydrogens (tertiary/aromatic N) is 1. The minimum atomic E-state index is 0.478. The minimum Gasteiger partial charge on any atom is -0.381 e. The Morgan fingerprint density at radius 2 is 1.85 bits per heavy atom. The molecule has 0 spiro atoms. The third-order valence-corrected chi connectivity index (χ3v) is 5.84. The molecule has 20 heavy (non-hydrogen) atoms. The Labute approximate surface area is 124 Å². The van der Waals surface area contributed by atoms with Gasteiger partial charge in [0.25, 0.3) is 0 Å². The highest BCUT2D eigenvalue weighted by molar-refractivity contribution is 4.93. The van der Waals surface area contributed by atoms with Crippen LogP contribution >= 0.6 is 0 Å². The molecule has 1 aliphatic carbocycles. The van der Waals surface area contributed by atoms with Gasteiger partial charge in [-0.1, -0.05) is 13.3 Å². The summed E-state index contributed by atoms with van der Waals surface area (Å²) in [5, 5.41) is 3.69. The molecular formula is C17H32N2O. The van der Waals surface area contributed by atoms with Gasteiger partial charge in [-0.15, -0.1) is 0 Å². The van der Waals surface area contributed by atoms with Crippen LogP contribution in [0.15, 0.2) is 0 Å². The summed E-state index contributed by atoms with van der Waals surface area (Å²) in [4.78, 5) is 2.79. The molecule has 1 N–H and O–H groups in total. The van der Waals surface area contributed by atoms with Crippen molar-refractivity contribution in [2.45, 2.75) is 45.4 Å². The highest BCUT2D eigenvalue weighted by atomic mass is 16.5. The number of likely N-dealkylation sites (tertiary alicyclic amines) is 1. The largest absolute Gasteiger partial charge is 0.381 e. The average Bonchev–Trinajstić information content (AvgIpc) is 3.01. The maximum Gasteiger partial charge on any atom is 0.0472 e. The molecule has 3 fully saturated rings. The molecule has 3 nitrogen and oxygen atoms in total. The fraction of sp³-hybridized carbons (Fsp3) is 1.00. The van der Waals surface area contributed by atoms with Gasteiger partial charge in [0.15, 0.2) is 0 Å².